The molecule has 1 aliphatic rings. The first kappa shape index (κ1) is 15.1. The Labute approximate surface area is 143 Å². The number of hydrogen-bond acceptors (Lipinski definition) is 2. The number of rotatable bonds is 3. The highest BCUT2D eigenvalue weighted by molar-refractivity contribution is 6.31. The van der Waals surface area contributed by atoms with Gasteiger partial charge in [0.1, 0.15) is 11.8 Å². The zero-order valence-corrected chi connectivity index (χ0v) is 13.7. The van der Waals surface area contributed by atoms with Crippen molar-refractivity contribution in [1.29, 1.82) is 0 Å². The first-order valence-electron chi connectivity index (χ1n) is 7.72. The summed E-state index contributed by atoms with van der Waals surface area (Å²) in [6.07, 6.45) is 2.95. The van der Waals surface area contributed by atoms with Crippen LogP contribution in [0.5, 0.6) is 0 Å². The van der Waals surface area contributed by atoms with E-state index in [1.165, 1.54) is 0 Å². The van der Waals surface area contributed by atoms with Crippen molar-refractivity contribution in [3.8, 4) is 11.1 Å². The minimum absolute atomic E-state index is 0.303. The van der Waals surface area contributed by atoms with Crippen LogP contribution in [0.3, 0.4) is 0 Å². The van der Waals surface area contributed by atoms with Gasteiger partial charge in [0.25, 0.3) is 0 Å². The molecule has 0 aliphatic heterocycles. The largest absolute Gasteiger partial charge is 0.309 e. The molecular weight excluding hydrogens is 329 g/mol. The number of nitrogens with zero attached hydrogens (tertiary/aromatic N) is 2. The van der Waals surface area contributed by atoms with E-state index in [9.17, 15) is 9.18 Å². The van der Waals surface area contributed by atoms with Gasteiger partial charge in [-0.25, -0.2) is 9.37 Å². The molecule has 1 aliphatic carbocycles. The van der Waals surface area contributed by atoms with E-state index >= 15 is 0 Å². The van der Waals surface area contributed by atoms with Gasteiger partial charge in [0, 0.05) is 11.2 Å². The van der Waals surface area contributed by atoms with Crippen LogP contribution in [0.2, 0.25) is 5.02 Å². The van der Waals surface area contributed by atoms with Crippen molar-refractivity contribution in [3.05, 3.63) is 53.3 Å². The molecular formula is C18H15ClFN3O. The zero-order valence-electron chi connectivity index (χ0n) is 13.0. The second kappa shape index (κ2) is 5.60. The minimum Gasteiger partial charge on any atom is -0.309 e. The number of nitrogens with one attached hydrogen (secondary N) is 1. The van der Waals surface area contributed by atoms with Crippen LogP contribution >= 0.6 is 11.6 Å². The van der Waals surface area contributed by atoms with Crippen molar-refractivity contribution < 1.29 is 9.18 Å². The number of hydrogen-bond donors (Lipinski definition) is 1. The van der Waals surface area contributed by atoms with Crippen molar-refractivity contribution in [2.45, 2.75) is 19.5 Å². The van der Waals surface area contributed by atoms with E-state index in [0.29, 0.717) is 17.9 Å². The van der Waals surface area contributed by atoms with Gasteiger partial charge < -0.3 is 9.72 Å². The molecule has 1 fully saturated rings. The molecule has 0 bridgehead atoms. The smallest absolute Gasteiger partial charge is 0.231 e. The molecule has 2 atom stereocenters. The van der Waals surface area contributed by atoms with Gasteiger partial charge >= 0.3 is 0 Å². The van der Waals surface area contributed by atoms with E-state index in [0.717, 1.165) is 21.7 Å². The third-order valence-corrected chi connectivity index (χ3v) is 4.74. The molecule has 4 rings (SSSR count). The Morgan fingerprint density at radius 3 is 2.88 bits per heavy atom. The van der Waals surface area contributed by atoms with Crippen LogP contribution in [-0.2, 0) is 4.79 Å². The van der Waals surface area contributed by atoms with E-state index in [2.05, 4.69) is 10.3 Å². The summed E-state index contributed by atoms with van der Waals surface area (Å²) >= 11 is 6.19. The van der Waals surface area contributed by atoms with Gasteiger partial charge in [-0.3, -0.25) is 4.79 Å². The van der Waals surface area contributed by atoms with Crippen LogP contribution in [0.4, 0.5) is 10.2 Å². The quantitative estimate of drug-likeness (QED) is 0.772. The third-order valence-electron chi connectivity index (χ3n) is 4.33. The van der Waals surface area contributed by atoms with Crippen LogP contribution in [0, 0.1) is 12.8 Å². The monoisotopic (exact) mass is 343 g/mol. The molecule has 0 saturated heterocycles. The molecule has 122 valence electrons. The maximum atomic E-state index is 12.9. The lowest BCUT2D eigenvalue weighted by Gasteiger charge is -2.08. The molecule has 0 radical (unpaired) electrons. The SMILES string of the molecule is Cc1c(Cl)cccc1-c1ccc2nc(NC(=O)C3CC3F)cn2c1. The summed E-state index contributed by atoms with van der Waals surface area (Å²) in [5, 5.41) is 3.39. The third kappa shape index (κ3) is 2.65. The highest BCUT2D eigenvalue weighted by Gasteiger charge is 2.43. The first-order chi connectivity index (χ1) is 11.5. The van der Waals surface area contributed by atoms with E-state index in [-0.39, 0.29) is 5.91 Å². The van der Waals surface area contributed by atoms with E-state index < -0.39 is 12.1 Å². The molecule has 1 N–H and O–H groups in total. The summed E-state index contributed by atoms with van der Waals surface area (Å²) in [6.45, 7) is 1.98. The van der Waals surface area contributed by atoms with Crippen molar-refractivity contribution >= 4 is 29.0 Å². The van der Waals surface area contributed by atoms with E-state index in [1.807, 2.05) is 47.9 Å². The molecule has 24 heavy (non-hydrogen) atoms. The highest BCUT2D eigenvalue weighted by atomic mass is 35.5. The number of pyridine rings is 1. The summed E-state index contributed by atoms with van der Waals surface area (Å²) in [5.74, 6) is -0.407. The van der Waals surface area contributed by atoms with Gasteiger partial charge in [-0.2, -0.15) is 0 Å². The van der Waals surface area contributed by atoms with Gasteiger partial charge in [0.15, 0.2) is 5.82 Å². The Balaban J connectivity index is 1.66. The molecule has 2 heterocycles. The Bertz CT molecular complexity index is 953. The van der Waals surface area contributed by atoms with Crippen LogP contribution < -0.4 is 5.32 Å². The summed E-state index contributed by atoms with van der Waals surface area (Å²) in [7, 11) is 0. The van der Waals surface area contributed by atoms with E-state index in [4.69, 9.17) is 11.6 Å². The van der Waals surface area contributed by atoms with Crippen molar-refractivity contribution in [3.63, 3.8) is 0 Å². The molecule has 2 unspecified atom stereocenters. The maximum absolute atomic E-state index is 12.9. The zero-order chi connectivity index (χ0) is 16.8. The second-order valence-electron chi connectivity index (χ2n) is 6.07. The number of alkyl halides is 1. The van der Waals surface area contributed by atoms with Crippen LogP contribution in [0.1, 0.15) is 12.0 Å². The highest BCUT2D eigenvalue weighted by Crippen LogP contribution is 2.34. The standard InChI is InChI=1S/C18H15ClFN3O/c1-10-12(3-2-4-14(10)19)11-5-6-17-21-16(9-23(17)8-11)22-18(24)13-7-15(13)20/h2-6,8-9,13,15H,7H2,1H3,(H,22,24). The molecule has 6 heteroatoms. The predicted octanol–water partition coefficient (Wildman–Crippen LogP) is 4.26. The molecule has 1 amide bonds. The summed E-state index contributed by atoms with van der Waals surface area (Å²) in [4.78, 5) is 16.2. The van der Waals surface area contributed by atoms with Crippen molar-refractivity contribution in [2.24, 2.45) is 5.92 Å². The normalized spacial score (nSPS) is 19.5. The number of fused-ring (bicyclic) bond motifs is 1. The lowest BCUT2D eigenvalue weighted by molar-refractivity contribution is -0.117. The van der Waals surface area contributed by atoms with Crippen molar-refractivity contribution in [1.82, 2.24) is 9.38 Å². The van der Waals surface area contributed by atoms with Crippen molar-refractivity contribution in [2.75, 3.05) is 5.32 Å². The fraction of sp³-hybridized carbons (Fsp3) is 0.222. The number of benzene rings is 1. The van der Waals surface area contributed by atoms with E-state index in [1.54, 1.807) is 6.20 Å². The Morgan fingerprint density at radius 1 is 1.33 bits per heavy atom. The average molecular weight is 344 g/mol. The number of halogens is 2. The molecule has 3 aromatic rings. The van der Waals surface area contributed by atoms with Gasteiger partial charge in [0.2, 0.25) is 5.91 Å². The molecule has 0 spiro atoms. The summed E-state index contributed by atoms with van der Waals surface area (Å²) in [6, 6.07) is 9.62. The molecule has 1 aromatic carbocycles. The topological polar surface area (TPSA) is 46.4 Å². The number of carbonyl (C=O) groups is 1. The Kier molecular flexibility index (Phi) is 3.53. The first-order valence-corrected chi connectivity index (χ1v) is 8.10. The predicted molar refractivity (Wildman–Crippen MR) is 92.0 cm³/mol. The fourth-order valence-electron chi connectivity index (χ4n) is 2.79. The number of anilines is 1. The second-order valence-corrected chi connectivity index (χ2v) is 6.48. The fourth-order valence-corrected chi connectivity index (χ4v) is 2.96. The Hall–Kier alpha value is -2.40. The Morgan fingerprint density at radius 2 is 2.12 bits per heavy atom. The number of carbonyl (C=O) groups excluding carboxylic acids is 1. The van der Waals surface area contributed by atoms with Gasteiger partial charge in [0.05, 0.1) is 12.1 Å². The van der Waals surface area contributed by atoms with Crippen LogP contribution in [-0.4, -0.2) is 21.5 Å². The van der Waals surface area contributed by atoms with Gasteiger partial charge in [-0.05, 0) is 48.2 Å². The number of aromatic nitrogens is 2. The van der Waals surface area contributed by atoms with Gasteiger partial charge in [-0.15, -0.1) is 0 Å². The minimum atomic E-state index is -1.01. The van der Waals surface area contributed by atoms with Crippen LogP contribution in [0.25, 0.3) is 16.8 Å². The summed E-state index contributed by atoms with van der Waals surface area (Å²) < 4.78 is 14.8. The molecule has 4 nitrogen and oxygen atoms in total. The molecule has 1 saturated carbocycles. The number of imidazole rings is 1. The number of amides is 1. The molecule has 2 aromatic heterocycles. The lowest BCUT2D eigenvalue weighted by Crippen LogP contribution is -2.15. The average Bonchev–Trinajstić information content (AvgIpc) is 3.15. The van der Waals surface area contributed by atoms with Crippen LogP contribution in [0.15, 0.2) is 42.7 Å². The maximum Gasteiger partial charge on any atom is 0.231 e. The van der Waals surface area contributed by atoms with Gasteiger partial charge in [-0.1, -0.05) is 23.7 Å². The summed E-state index contributed by atoms with van der Waals surface area (Å²) in [5.41, 5.74) is 3.77. The lowest BCUT2D eigenvalue weighted by atomic mass is 10.0.